The van der Waals surface area contributed by atoms with E-state index in [2.05, 4.69) is 21.0 Å². The summed E-state index contributed by atoms with van der Waals surface area (Å²) < 4.78 is 26.5. The molecule has 0 fully saturated rings. The van der Waals surface area contributed by atoms with Crippen molar-refractivity contribution in [3.8, 4) is 0 Å². The quantitative estimate of drug-likeness (QED) is 0.831. The molecule has 0 aliphatic carbocycles. The zero-order valence-corrected chi connectivity index (χ0v) is 12.9. The van der Waals surface area contributed by atoms with Crippen LogP contribution in [0.5, 0.6) is 0 Å². The standard InChI is InChI=1S/C9H8BrClN2O2S2/c1-5-9(11)6(2)13(12-5)17(14,15)8-4-3-7(10)16-8/h3-4H,1-2H3. The third kappa shape index (κ3) is 2.16. The van der Waals surface area contributed by atoms with Crippen molar-refractivity contribution in [2.24, 2.45) is 0 Å². The number of thiophene rings is 1. The van der Waals surface area contributed by atoms with Crippen LogP contribution in [-0.4, -0.2) is 17.6 Å². The van der Waals surface area contributed by atoms with Crippen molar-refractivity contribution in [2.45, 2.75) is 18.1 Å². The van der Waals surface area contributed by atoms with Crippen LogP contribution >= 0.6 is 38.9 Å². The normalized spacial score (nSPS) is 12.0. The van der Waals surface area contributed by atoms with Crippen LogP contribution in [0.4, 0.5) is 0 Å². The molecule has 0 aromatic carbocycles. The van der Waals surface area contributed by atoms with Gasteiger partial charge in [-0.05, 0) is 41.9 Å². The molecule has 17 heavy (non-hydrogen) atoms. The molecule has 0 unspecified atom stereocenters. The highest BCUT2D eigenvalue weighted by Gasteiger charge is 2.24. The van der Waals surface area contributed by atoms with Gasteiger partial charge >= 0.3 is 0 Å². The molecule has 0 saturated heterocycles. The van der Waals surface area contributed by atoms with E-state index in [0.29, 0.717) is 16.4 Å². The fourth-order valence-electron chi connectivity index (χ4n) is 1.36. The molecule has 8 heteroatoms. The maximum absolute atomic E-state index is 12.3. The number of nitrogens with zero attached hydrogens (tertiary/aromatic N) is 2. The van der Waals surface area contributed by atoms with E-state index < -0.39 is 10.0 Å². The van der Waals surface area contributed by atoms with Crippen LogP contribution in [0.3, 0.4) is 0 Å². The fourth-order valence-corrected chi connectivity index (χ4v) is 4.96. The van der Waals surface area contributed by atoms with Crippen molar-refractivity contribution in [3.63, 3.8) is 0 Å². The van der Waals surface area contributed by atoms with E-state index in [9.17, 15) is 8.42 Å². The molecule has 0 N–H and O–H groups in total. The average molecular weight is 356 g/mol. The Labute approximate surface area is 116 Å². The van der Waals surface area contributed by atoms with Crippen molar-refractivity contribution in [2.75, 3.05) is 0 Å². The second-order valence-corrected chi connectivity index (χ2v) is 8.23. The highest BCUT2D eigenvalue weighted by Crippen LogP contribution is 2.29. The number of aryl methyl sites for hydroxylation is 1. The Morgan fingerprint density at radius 1 is 1.41 bits per heavy atom. The Hall–Kier alpha value is -0.370. The van der Waals surface area contributed by atoms with Crippen molar-refractivity contribution in [1.29, 1.82) is 0 Å². The summed E-state index contributed by atoms with van der Waals surface area (Å²) in [4.78, 5) is 0. The lowest BCUT2D eigenvalue weighted by atomic mass is 10.4. The van der Waals surface area contributed by atoms with Crippen molar-refractivity contribution in [1.82, 2.24) is 9.19 Å². The maximum atomic E-state index is 12.3. The minimum absolute atomic E-state index is 0.228. The number of rotatable bonds is 2. The predicted molar refractivity (Wildman–Crippen MR) is 71.3 cm³/mol. The highest BCUT2D eigenvalue weighted by molar-refractivity contribution is 9.11. The lowest BCUT2D eigenvalue weighted by Crippen LogP contribution is -2.14. The van der Waals surface area contributed by atoms with E-state index in [0.717, 1.165) is 19.2 Å². The minimum atomic E-state index is -3.64. The molecule has 0 spiro atoms. The fraction of sp³-hybridized carbons (Fsp3) is 0.222. The Morgan fingerprint density at radius 3 is 2.47 bits per heavy atom. The largest absolute Gasteiger partial charge is 0.292 e. The van der Waals surface area contributed by atoms with E-state index in [1.807, 2.05) is 0 Å². The first-order chi connectivity index (χ1) is 7.84. The number of hydrogen-bond acceptors (Lipinski definition) is 4. The van der Waals surface area contributed by atoms with Gasteiger partial charge in [-0.1, -0.05) is 11.6 Å². The lowest BCUT2D eigenvalue weighted by Gasteiger charge is -2.03. The monoisotopic (exact) mass is 354 g/mol. The van der Waals surface area contributed by atoms with Crippen molar-refractivity contribution in [3.05, 3.63) is 32.3 Å². The van der Waals surface area contributed by atoms with Gasteiger partial charge in [-0.2, -0.15) is 17.6 Å². The molecule has 0 aliphatic heterocycles. The van der Waals surface area contributed by atoms with Gasteiger partial charge in [0.15, 0.2) is 0 Å². The summed E-state index contributed by atoms with van der Waals surface area (Å²) in [6, 6.07) is 3.22. The molecule has 0 amide bonds. The Kier molecular flexibility index (Phi) is 3.37. The summed E-state index contributed by atoms with van der Waals surface area (Å²) in [5, 5.41) is 4.33. The van der Waals surface area contributed by atoms with Gasteiger partial charge in [-0.15, -0.1) is 11.3 Å². The van der Waals surface area contributed by atoms with Crippen LogP contribution in [0.1, 0.15) is 11.4 Å². The Morgan fingerprint density at radius 2 is 2.06 bits per heavy atom. The summed E-state index contributed by atoms with van der Waals surface area (Å²) in [5.74, 6) is 0. The highest BCUT2D eigenvalue weighted by atomic mass is 79.9. The van der Waals surface area contributed by atoms with Gasteiger partial charge in [0.1, 0.15) is 4.21 Å². The van der Waals surface area contributed by atoms with Gasteiger partial charge in [-0.25, -0.2) is 0 Å². The molecule has 0 bridgehead atoms. The number of aromatic nitrogens is 2. The van der Waals surface area contributed by atoms with Gasteiger partial charge in [0.05, 0.1) is 20.2 Å². The third-order valence-electron chi connectivity index (χ3n) is 2.19. The summed E-state index contributed by atoms with van der Waals surface area (Å²) in [6.07, 6.45) is 0. The van der Waals surface area contributed by atoms with Crippen LogP contribution in [0.2, 0.25) is 5.02 Å². The first kappa shape index (κ1) is 13.1. The molecule has 2 aromatic heterocycles. The van der Waals surface area contributed by atoms with Gasteiger partial charge in [-0.3, -0.25) is 0 Å². The van der Waals surface area contributed by atoms with Crippen LogP contribution < -0.4 is 0 Å². The Balaban J connectivity index is 2.64. The molecular weight excluding hydrogens is 348 g/mol. The second-order valence-electron chi connectivity index (χ2n) is 3.39. The molecule has 92 valence electrons. The SMILES string of the molecule is Cc1nn(S(=O)(=O)c2ccc(Br)s2)c(C)c1Cl. The smallest absolute Gasteiger partial charge is 0.198 e. The molecule has 4 nitrogen and oxygen atoms in total. The van der Waals surface area contributed by atoms with Crippen LogP contribution in [-0.2, 0) is 10.0 Å². The third-order valence-corrected chi connectivity index (χ3v) is 6.50. The average Bonchev–Trinajstić information content (AvgIpc) is 2.79. The van der Waals surface area contributed by atoms with Gasteiger partial charge in [0, 0.05) is 0 Å². The van der Waals surface area contributed by atoms with Gasteiger partial charge < -0.3 is 0 Å². The van der Waals surface area contributed by atoms with Crippen molar-refractivity contribution >= 4 is 48.9 Å². The first-order valence-electron chi connectivity index (χ1n) is 4.56. The zero-order valence-electron chi connectivity index (χ0n) is 8.94. The lowest BCUT2D eigenvalue weighted by molar-refractivity contribution is 0.580. The maximum Gasteiger partial charge on any atom is 0.292 e. The summed E-state index contributed by atoms with van der Waals surface area (Å²) in [5.41, 5.74) is 0.928. The van der Waals surface area contributed by atoms with E-state index in [1.54, 1.807) is 19.9 Å². The molecule has 2 heterocycles. The summed E-state index contributed by atoms with van der Waals surface area (Å²) in [6.45, 7) is 3.30. The Bertz CT molecular complexity index is 675. The second kappa shape index (κ2) is 4.38. The molecular formula is C9H8BrClN2O2S2. The minimum Gasteiger partial charge on any atom is -0.198 e. The van der Waals surface area contributed by atoms with Gasteiger partial charge in [0.25, 0.3) is 10.0 Å². The summed E-state index contributed by atoms with van der Waals surface area (Å²) in [7, 11) is -3.64. The topological polar surface area (TPSA) is 52.0 Å². The number of halogens is 2. The van der Waals surface area contributed by atoms with E-state index in [4.69, 9.17) is 11.6 Å². The van der Waals surface area contributed by atoms with Crippen LogP contribution in [0, 0.1) is 13.8 Å². The zero-order chi connectivity index (χ0) is 12.8. The first-order valence-corrected chi connectivity index (χ1v) is 7.99. The van der Waals surface area contributed by atoms with Crippen LogP contribution in [0.25, 0.3) is 0 Å². The van der Waals surface area contributed by atoms with E-state index in [1.165, 1.54) is 6.07 Å². The van der Waals surface area contributed by atoms with Crippen LogP contribution in [0.15, 0.2) is 20.1 Å². The predicted octanol–water partition coefficient (Wildman–Crippen LogP) is 3.21. The molecule has 0 atom stereocenters. The van der Waals surface area contributed by atoms with E-state index in [-0.39, 0.29) is 4.21 Å². The van der Waals surface area contributed by atoms with E-state index >= 15 is 0 Å². The molecule has 0 aliphatic rings. The molecule has 0 saturated carbocycles. The molecule has 0 radical (unpaired) electrons. The number of hydrogen-bond donors (Lipinski definition) is 0. The van der Waals surface area contributed by atoms with Crippen molar-refractivity contribution < 1.29 is 8.42 Å². The summed E-state index contributed by atoms with van der Waals surface area (Å²) >= 11 is 10.3. The van der Waals surface area contributed by atoms with Gasteiger partial charge in [0.2, 0.25) is 0 Å². The molecule has 2 rings (SSSR count). The molecule has 2 aromatic rings.